The molecule has 0 spiro atoms. The summed E-state index contributed by atoms with van der Waals surface area (Å²) < 4.78 is 0.631. The average Bonchev–Trinajstić information content (AvgIpc) is 2.84. The molecule has 0 saturated carbocycles. The summed E-state index contributed by atoms with van der Waals surface area (Å²) in [5.41, 5.74) is 2.84. The van der Waals surface area contributed by atoms with Crippen LogP contribution in [-0.4, -0.2) is 22.1 Å². The van der Waals surface area contributed by atoms with Crippen molar-refractivity contribution in [2.75, 3.05) is 5.32 Å². The lowest BCUT2D eigenvalue weighted by Crippen LogP contribution is -2.28. The number of thiazole rings is 1. The number of hydrogen-bond acceptors (Lipinski definition) is 4. The molecule has 1 aromatic carbocycles. The van der Waals surface area contributed by atoms with Gasteiger partial charge in [0.15, 0.2) is 0 Å². The number of anilines is 1. The third-order valence-corrected chi connectivity index (χ3v) is 4.14. The van der Waals surface area contributed by atoms with Crippen LogP contribution < -0.4 is 10.6 Å². The molecule has 0 bridgehead atoms. The zero-order valence-corrected chi connectivity index (χ0v) is 13.4. The van der Waals surface area contributed by atoms with Crippen molar-refractivity contribution in [2.24, 2.45) is 0 Å². The van der Waals surface area contributed by atoms with E-state index in [0.717, 1.165) is 10.6 Å². The number of carboxylic acids is 1. The van der Waals surface area contributed by atoms with Crippen molar-refractivity contribution in [1.29, 1.82) is 0 Å². The van der Waals surface area contributed by atoms with Gasteiger partial charge in [0.1, 0.15) is 0 Å². The van der Waals surface area contributed by atoms with Crippen LogP contribution in [0.5, 0.6) is 0 Å². The fourth-order valence-electron chi connectivity index (χ4n) is 1.63. The number of carbonyl (C=O) groups excluding carboxylic acids is 1. The standard InChI is InChI=1S/C13H12BrN3O3S/c1-7-11(21-6-16-7)5-15-13(20)17-10-3-2-8(14)4-9(10)12(18)19/h2-4,6H,5H2,1H3,(H,18,19)(H2,15,17,20). The molecule has 0 aliphatic rings. The number of aryl methyl sites for hydroxylation is 1. The highest BCUT2D eigenvalue weighted by molar-refractivity contribution is 9.10. The van der Waals surface area contributed by atoms with Crippen LogP contribution in [0.15, 0.2) is 28.2 Å². The Morgan fingerprint density at radius 2 is 2.19 bits per heavy atom. The van der Waals surface area contributed by atoms with Gasteiger partial charge in [0.2, 0.25) is 0 Å². The molecule has 0 saturated heterocycles. The fraction of sp³-hybridized carbons (Fsp3) is 0.154. The van der Waals surface area contributed by atoms with Crippen LogP contribution in [0.1, 0.15) is 20.9 Å². The number of aromatic nitrogens is 1. The van der Waals surface area contributed by atoms with Gasteiger partial charge in [0.25, 0.3) is 0 Å². The first-order valence-electron chi connectivity index (χ1n) is 5.94. The third kappa shape index (κ3) is 4.02. The zero-order valence-electron chi connectivity index (χ0n) is 11.0. The highest BCUT2D eigenvalue weighted by Crippen LogP contribution is 2.21. The second kappa shape index (κ2) is 6.68. The number of halogens is 1. The number of aromatic carboxylic acids is 1. The van der Waals surface area contributed by atoms with Gasteiger partial charge in [-0.15, -0.1) is 11.3 Å². The van der Waals surface area contributed by atoms with E-state index in [2.05, 4.69) is 31.5 Å². The van der Waals surface area contributed by atoms with Crippen LogP contribution in [-0.2, 0) is 6.54 Å². The van der Waals surface area contributed by atoms with Crippen molar-refractivity contribution in [3.05, 3.63) is 44.3 Å². The summed E-state index contributed by atoms with van der Waals surface area (Å²) in [7, 11) is 0. The largest absolute Gasteiger partial charge is 0.478 e. The molecular formula is C13H12BrN3O3S. The molecule has 0 atom stereocenters. The SMILES string of the molecule is Cc1ncsc1CNC(=O)Nc1ccc(Br)cc1C(=O)O. The molecule has 2 aromatic rings. The van der Waals surface area contributed by atoms with E-state index in [1.807, 2.05) is 6.92 Å². The van der Waals surface area contributed by atoms with E-state index in [1.54, 1.807) is 11.6 Å². The summed E-state index contributed by atoms with van der Waals surface area (Å²) in [6.45, 7) is 2.21. The quantitative estimate of drug-likeness (QED) is 0.771. The van der Waals surface area contributed by atoms with Crippen molar-refractivity contribution >= 4 is 45.0 Å². The smallest absolute Gasteiger partial charge is 0.337 e. The van der Waals surface area contributed by atoms with Crippen LogP contribution in [0.25, 0.3) is 0 Å². The molecule has 2 amide bonds. The Morgan fingerprint density at radius 1 is 1.43 bits per heavy atom. The highest BCUT2D eigenvalue weighted by atomic mass is 79.9. The predicted molar refractivity (Wildman–Crippen MR) is 83.8 cm³/mol. The van der Waals surface area contributed by atoms with Gasteiger partial charge in [-0.1, -0.05) is 15.9 Å². The number of carbonyl (C=O) groups is 2. The minimum absolute atomic E-state index is 0.0218. The predicted octanol–water partition coefficient (Wildman–Crippen LogP) is 3.23. The van der Waals surface area contributed by atoms with Gasteiger partial charge in [0, 0.05) is 9.35 Å². The Hall–Kier alpha value is -1.93. The molecule has 1 heterocycles. The van der Waals surface area contributed by atoms with E-state index in [0.29, 0.717) is 11.0 Å². The molecule has 3 N–H and O–H groups in total. The van der Waals surface area contributed by atoms with Gasteiger partial charge in [-0.3, -0.25) is 0 Å². The Balaban J connectivity index is 2.03. The summed E-state index contributed by atoms with van der Waals surface area (Å²) in [6.07, 6.45) is 0. The van der Waals surface area contributed by atoms with Crippen molar-refractivity contribution in [1.82, 2.24) is 10.3 Å². The fourth-order valence-corrected chi connectivity index (χ4v) is 2.70. The molecule has 21 heavy (non-hydrogen) atoms. The van der Waals surface area contributed by atoms with Crippen molar-refractivity contribution < 1.29 is 14.7 Å². The van der Waals surface area contributed by atoms with Gasteiger partial charge in [-0.05, 0) is 25.1 Å². The molecule has 6 nitrogen and oxygen atoms in total. The van der Waals surface area contributed by atoms with Gasteiger partial charge < -0.3 is 15.7 Å². The molecule has 1 aromatic heterocycles. The maximum absolute atomic E-state index is 11.8. The molecule has 8 heteroatoms. The molecule has 110 valence electrons. The van der Waals surface area contributed by atoms with Crippen molar-refractivity contribution in [3.63, 3.8) is 0 Å². The molecule has 0 fully saturated rings. The topological polar surface area (TPSA) is 91.3 Å². The van der Waals surface area contributed by atoms with Crippen LogP contribution in [0.3, 0.4) is 0 Å². The first-order valence-corrected chi connectivity index (χ1v) is 7.61. The monoisotopic (exact) mass is 369 g/mol. The first kappa shape index (κ1) is 15.5. The Morgan fingerprint density at radius 3 is 2.81 bits per heavy atom. The number of hydrogen-bond donors (Lipinski definition) is 3. The summed E-state index contributed by atoms with van der Waals surface area (Å²) in [5, 5.41) is 14.3. The summed E-state index contributed by atoms with van der Waals surface area (Å²) in [6, 6.07) is 4.17. The van der Waals surface area contributed by atoms with Crippen LogP contribution in [0, 0.1) is 6.92 Å². The number of urea groups is 1. The molecule has 0 radical (unpaired) electrons. The summed E-state index contributed by atoms with van der Waals surface area (Å²) in [5.74, 6) is -1.11. The minimum Gasteiger partial charge on any atom is -0.478 e. The van der Waals surface area contributed by atoms with E-state index in [-0.39, 0.29) is 11.3 Å². The van der Waals surface area contributed by atoms with Crippen molar-refractivity contribution in [3.8, 4) is 0 Å². The van der Waals surface area contributed by atoms with Gasteiger partial charge in [-0.25, -0.2) is 14.6 Å². The van der Waals surface area contributed by atoms with Gasteiger partial charge in [0.05, 0.1) is 29.0 Å². The first-order chi connectivity index (χ1) is 9.97. The normalized spacial score (nSPS) is 10.2. The molecular weight excluding hydrogens is 358 g/mol. The van der Waals surface area contributed by atoms with Gasteiger partial charge >= 0.3 is 12.0 Å². The molecule has 0 aliphatic heterocycles. The van der Waals surface area contributed by atoms with E-state index in [9.17, 15) is 9.59 Å². The van der Waals surface area contributed by atoms with Crippen LogP contribution in [0.2, 0.25) is 0 Å². The van der Waals surface area contributed by atoms with E-state index >= 15 is 0 Å². The lowest BCUT2D eigenvalue weighted by Gasteiger charge is -2.10. The number of nitrogens with zero attached hydrogens (tertiary/aromatic N) is 1. The maximum atomic E-state index is 11.8. The molecule has 0 aliphatic carbocycles. The van der Waals surface area contributed by atoms with Crippen molar-refractivity contribution in [2.45, 2.75) is 13.5 Å². The number of nitrogens with one attached hydrogen (secondary N) is 2. The van der Waals surface area contributed by atoms with E-state index in [4.69, 9.17) is 5.11 Å². The summed E-state index contributed by atoms with van der Waals surface area (Å²) in [4.78, 5) is 28.0. The lowest BCUT2D eigenvalue weighted by atomic mass is 10.2. The number of rotatable bonds is 4. The maximum Gasteiger partial charge on any atom is 0.337 e. The second-order valence-electron chi connectivity index (χ2n) is 4.16. The van der Waals surface area contributed by atoms with Gasteiger partial charge in [-0.2, -0.15) is 0 Å². The molecule has 0 unspecified atom stereocenters. The summed E-state index contributed by atoms with van der Waals surface area (Å²) >= 11 is 4.65. The lowest BCUT2D eigenvalue weighted by molar-refractivity contribution is 0.0698. The number of amides is 2. The Bertz CT molecular complexity index is 687. The molecule has 2 rings (SSSR count). The van der Waals surface area contributed by atoms with E-state index < -0.39 is 12.0 Å². The number of benzene rings is 1. The highest BCUT2D eigenvalue weighted by Gasteiger charge is 2.13. The second-order valence-corrected chi connectivity index (χ2v) is 6.02. The number of carboxylic acid groups (broad SMARTS) is 1. The minimum atomic E-state index is -1.11. The van der Waals surface area contributed by atoms with Crippen LogP contribution in [0.4, 0.5) is 10.5 Å². The van der Waals surface area contributed by atoms with Crippen LogP contribution >= 0.6 is 27.3 Å². The zero-order chi connectivity index (χ0) is 15.4. The Kier molecular flexibility index (Phi) is 4.92. The third-order valence-electron chi connectivity index (χ3n) is 2.71. The average molecular weight is 370 g/mol. The van der Waals surface area contributed by atoms with E-state index in [1.165, 1.54) is 23.5 Å². The Labute approximate surface area is 133 Å².